The first kappa shape index (κ1) is 38.8. The van der Waals surface area contributed by atoms with Gasteiger partial charge in [-0.2, -0.15) is 0 Å². The fraction of sp³-hybridized carbons (Fsp3) is 0.806. The van der Waals surface area contributed by atoms with Crippen LogP contribution in [0.5, 0.6) is 0 Å². The van der Waals surface area contributed by atoms with Crippen LogP contribution in [0.15, 0.2) is 0 Å². The molecular formula is C36H50O15. The second-order valence-electron chi connectivity index (χ2n) is 15.4. The van der Waals surface area contributed by atoms with E-state index in [1.54, 1.807) is 6.92 Å². The van der Waals surface area contributed by atoms with Crippen molar-refractivity contribution in [1.82, 2.24) is 0 Å². The van der Waals surface area contributed by atoms with E-state index in [0.717, 1.165) is 47.1 Å². The topological polar surface area (TPSA) is 204 Å². The lowest BCUT2D eigenvalue weighted by atomic mass is 9.44. The van der Waals surface area contributed by atoms with Crippen LogP contribution in [0.4, 0.5) is 0 Å². The van der Waals surface area contributed by atoms with Crippen LogP contribution in [0, 0.1) is 34.5 Å². The number of methoxy groups -OCH3 is 1. The van der Waals surface area contributed by atoms with E-state index in [0.29, 0.717) is 19.3 Å². The van der Waals surface area contributed by atoms with E-state index in [1.165, 1.54) is 6.92 Å². The second kappa shape index (κ2) is 14.5. The summed E-state index contributed by atoms with van der Waals surface area (Å²) >= 11 is 0. The molecule has 0 amide bonds. The highest BCUT2D eigenvalue weighted by atomic mass is 16.7. The van der Waals surface area contributed by atoms with Gasteiger partial charge in [-0.1, -0.05) is 13.8 Å². The van der Waals surface area contributed by atoms with Gasteiger partial charge < -0.3 is 38.3 Å². The van der Waals surface area contributed by atoms with Gasteiger partial charge in [-0.25, -0.2) is 4.79 Å². The zero-order chi connectivity index (χ0) is 37.6. The highest BCUT2D eigenvalue weighted by molar-refractivity contribution is 5.92. The fourth-order valence-corrected chi connectivity index (χ4v) is 10.3. The Labute approximate surface area is 296 Å². The van der Waals surface area contributed by atoms with Crippen molar-refractivity contribution < 1.29 is 71.8 Å². The third-order valence-corrected chi connectivity index (χ3v) is 12.5. The third kappa shape index (κ3) is 7.05. The van der Waals surface area contributed by atoms with E-state index in [9.17, 15) is 38.7 Å². The predicted molar refractivity (Wildman–Crippen MR) is 171 cm³/mol. The number of ether oxygens (including phenoxy) is 7. The van der Waals surface area contributed by atoms with Crippen molar-refractivity contribution in [1.29, 1.82) is 0 Å². The van der Waals surface area contributed by atoms with Gasteiger partial charge in [-0.05, 0) is 68.1 Å². The molecule has 284 valence electrons. The van der Waals surface area contributed by atoms with Crippen molar-refractivity contribution in [2.45, 2.75) is 135 Å². The fourth-order valence-electron chi connectivity index (χ4n) is 10.3. The van der Waals surface area contributed by atoms with Crippen molar-refractivity contribution in [3.05, 3.63) is 0 Å². The Morgan fingerprint density at radius 2 is 1.41 bits per heavy atom. The smallest absolute Gasteiger partial charge is 0.339 e. The molecule has 0 aromatic carbocycles. The van der Waals surface area contributed by atoms with Crippen LogP contribution in [0.3, 0.4) is 0 Å². The summed E-state index contributed by atoms with van der Waals surface area (Å²) in [7, 11) is 1.05. The molecule has 5 fully saturated rings. The zero-order valence-corrected chi connectivity index (χ0v) is 30.3. The van der Waals surface area contributed by atoms with Gasteiger partial charge in [0.1, 0.15) is 24.1 Å². The second-order valence-corrected chi connectivity index (χ2v) is 15.4. The monoisotopic (exact) mass is 722 g/mol. The maximum atomic E-state index is 14.2. The van der Waals surface area contributed by atoms with E-state index < -0.39 is 78.0 Å². The first-order valence-electron chi connectivity index (χ1n) is 17.7. The van der Waals surface area contributed by atoms with Gasteiger partial charge in [0, 0.05) is 45.4 Å². The van der Waals surface area contributed by atoms with Crippen LogP contribution in [0.25, 0.3) is 0 Å². The summed E-state index contributed by atoms with van der Waals surface area (Å²) in [6, 6.07) is 0. The Morgan fingerprint density at radius 3 is 2.02 bits per heavy atom. The summed E-state index contributed by atoms with van der Waals surface area (Å²) in [5, 5.41) is 12.2. The molecule has 1 saturated heterocycles. The Morgan fingerprint density at radius 1 is 0.804 bits per heavy atom. The van der Waals surface area contributed by atoms with Crippen LogP contribution >= 0.6 is 0 Å². The molecule has 1 heterocycles. The third-order valence-electron chi connectivity index (χ3n) is 12.5. The lowest BCUT2D eigenvalue weighted by molar-refractivity contribution is -0.300. The average Bonchev–Trinajstić information content (AvgIpc) is 3.31. The highest BCUT2D eigenvalue weighted by Crippen LogP contribution is 2.67. The summed E-state index contributed by atoms with van der Waals surface area (Å²) < 4.78 is 38.0. The van der Waals surface area contributed by atoms with Gasteiger partial charge in [0.2, 0.25) is 0 Å². The Hall–Kier alpha value is -3.43. The molecule has 15 nitrogen and oxygen atoms in total. The van der Waals surface area contributed by atoms with E-state index in [-0.39, 0.29) is 59.8 Å². The van der Waals surface area contributed by atoms with Crippen molar-refractivity contribution >= 4 is 41.4 Å². The molecule has 1 aliphatic heterocycles. The molecule has 0 spiro atoms. The largest absolute Gasteiger partial charge is 0.467 e. The Bertz CT molecular complexity index is 1440. The molecule has 51 heavy (non-hydrogen) atoms. The van der Waals surface area contributed by atoms with Crippen molar-refractivity contribution in [2.75, 3.05) is 13.7 Å². The summed E-state index contributed by atoms with van der Waals surface area (Å²) in [6.45, 7) is 7.76. The van der Waals surface area contributed by atoms with Crippen molar-refractivity contribution in [3.63, 3.8) is 0 Å². The standard InChI is InChI=1S/C36H50O15/c1-17(37)47-22-10-12-34(5)21(14-22)8-9-23-24-11-13-36(44,35(24,6)15-25(41)27(23)34)26(42)16-46-33-31(50-20(4)40)29(49-19(3)39)28(48-18(2)38)30(51-33)32(43)45-7/h21-24,27-31,33,44H,8-16H2,1-7H3/t21-,22-,23+,24-,27-,28-,29-,30-,31+,33+,34+,35+,36+/m1/s1. The molecule has 5 aliphatic rings. The number of carbonyl (C=O) groups is 7. The lowest BCUT2D eigenvalue weighted by Gasteiger charge is -2.60. The first-order chi connectivity index (χ1) is 23.9. The van der Waals surface area contributed by atoms with Gasteiger partial charge in [0.25, 0.3) is 0 Å². The highest BCUT2D eigenvalue weighted by Gasteiger charge is 2.69. The van der Waals surface area contributed by atoms with Gasteiger partial charge in [-0.15, -0.1) is 0 Å². The minimum absolute atomic E-state index is 0.00420. The molecule has 4 aliphatic carbocycles. The number of esters is 5. The van der Waals surface area contributed by atoms with Gasteiger partial charge in [-0.3, -0.25) is 28.8 Å². The molecule has 15 heteroatoms. The van der Waals surface area contributed by atoms with Crippen LogP contribution in [-0.4, -0.2) is 103 Å². The number of rotatable bonds is 9. The van der Waals surface area contributed by atoms with Crippen molar-refractivity contribution in [3.8, 4) is 0 Å². The minimum Gasteiger partial charge on any atom is -0.467 e. The lowest BCUT2D eigenvalue weighted by Crippen LogP contribution is -2.64. The van der Waals surface area contributed by atoms with Crippen LogP contribution < -0.4 is 0 Å². The van der Waals surface area contributed by atoms with Crippen molar-refractivity contribution in [2.24, 2.45) is 34.5 Å². The Kier molecular flexibility index (Phi) is 11.1. The number of fused-ring (bicyclic) bond motifs is 5. The minimum atomic E-state index is -1.95. The number of carbonyl (C=O) groups excluding carboxylic acids is 7. The summed E-state index contributed by atoms with van der Waals surface area (Å²) in [4.78, 5) is 89.0. The van der Waals surface area contributed by atoms with Crippen LogP contribution in [0.1, 0.15) is 92.9 Å². The SMILES string of the molecule is COC(=O)[C@@H]1O[C@H](OCC(=O)[C@@]2(O)CC[C@@H]3[C@@H]4CC[C@@H]5C[C@H](OC(C)=O)CC[C@]5(C)[C@H]4C(=O)C[C@@]32C)[C@@H](OC(C)=O)[C@H](OC(C)=O)[C@H]1OC(C)=O. The van der Waals surface area contributed by atoms with E-state index in [4.69, 9.17) is 33.2 Å². The van der Waals surface area contributed by atoms with Gasteiger partial charge in [0.15, 0.2) is 36.5 Å². The number of Topliss-reactive ketones (excluding diaryl/α,β-unsaturated/α-hetero) is 2. The molecule has 0 unspecified atom stereocenters. The van der Waals surface area contributed by atoms with E-state index in [2.05, 4.69) is 6.92 Å². The molecule has 13 atom stereocenters. The normalized spacial score (nSPS) is 41.5. The quantitative estimate of drug-likeness (QED) is 0.268. The Balaban J connectivity index is 1.36. The van der Waals surface area contributed by atoms with E-state index >= 15 is 0 Å². The molecule has 0 radical (unpaired) electrons. The number of ketones is 2. The zero-order valence-electron chi connectivity index (χ0n) is 30.3. The van der Waals surface area contributed by atoms with Gasteiger partial charge >= 0.3 is 29.8 Å². The maximum absolute atomic E-state index is 14.2. The van der Waals surface area contributed by atoms with Crippen LogP contribution in [-0.2, 0) is 66.7 Å². The summed E-state index contributed by atoms with van der Waals surface area (Å²) in [5.41, 5.74) is -3.33. The number of aliphatic hydroxyl groups is 1. The van der Waals surface area contributed by atoms with E-state index in [1.807, 2.05) is 0 Å². The summed E-state index contributed by atoms with van der Waals surface area (Å²) in [6.07, 6.45) is -4.05. The van der Waals surface area contributed by atoms with Crippen LogP contribution in [0.2, 0.25) is 0 Å². The predicted octanol–water partition coefficient (Wildman–Crippen LogP) is 2.15. The van der Waals surface area contributed by atoms with Gasteiger partial charge in [0.05, 0.1) is 7.11 Å². The molecule has 0 aromatic heterocycles. The first-order valence-corrected chi connectivity index (χ1v) is 17.7. The molecule has 0 bridgehead atoms. The molecular weight excluding hydrogens is 672 g/mol. The maximum Gasteiger partial charge on any atom is 0.339 e. The molecule has 4 saturated carbocycles. The molecule has 0 aromatic rings. The number of hydrogen-bond donors (Lipinski definition) is 1. The molecule has 1 N–H and O–H groups in total. The molecule has 5 rings (SSSR count). The summed E-state index contributed by atoms with van der Waals surface area (Å²) in [5.74, 6) is -4.83. The average molecular weight is 723 g/mol. The number of hydrogen-bond acceptors (Lipinski definition) is 15.